The van der Waals surface area contributed by atoms with E-state index in [0.29, 0.717) is 42.3 Å². The lowest BCUT2D eigenvalue weighted by Gasteiger charge is -2.28. The molecule has 1 N–H and O–H groups in total. The Hall–Kier alpha value is -3.55. The Morgan fingerprint density at radius 1 is 1.28 bits per heavy atom. The van der Waals surface area contributed by atoms with Crippen LogP contribution in [0.2, 0.25) is 0 Å². The lowest BCUT2D eigenvalue weighted by molar-refractivity contribution is -0.131. The van der Waals surface area contributed by atoms with E-state index in [9.17, 15) is 9.59 Å². The van der Waals surface area contributed by atoms with Crippen molar-refractivity contribution in [2.24, 2.45) is 0 Å². The highest BCUT2D eigenvalue weighted by atomic mass is 16.5. The fraction of sp³-hybridized carbons (Fsp3) is 0.286. The molecule has 0 atom stereocenters. The predicted octanol–water partition coefficient (Wildman–Crippen LogP) is 1.67. The number of amides is 1. The lowest BCUT2D eigenvalue weighted by atomic mass is 10.0. The second-order valence-corrected chi connectivity index (χ2v) is 6.98. The number of benzene rings is 1. The number of methoxy groups -OCH3 is 1. The Labute approximate surface area is 167 Å². The van der Waals surface area contributed by atoms with Gasteiger partial charge in [-0.25, -0.2) is 9.97 Å². The van der Waals surface area contributed by atoms with Crippen molar-refractivity contribution in [2.45, 2.75) is 26.3 Å². The Bertz CT molecular complexity index is 1110. The summed E-state index contributed by atoms with van der Waals surface area (Å²) in [6, 6.07) is 7.46. The molecule has 0 radical (unpaired) electrons. The number of nitrogens with one attached hydrogen (secondary N) is 1. The molecule has 1 aliphatic heterocycles. The third-order valence-corrected chi connectivity index (χ3v) is 4.94. The SMILES string of the molecule is COc1cccc(CC(=O)N2CCc3c(nc(-c4cnc(C)cn4)[nH]c3=O)C2)c1. The number of aromatic nitrogens is 4. The number of aryl methyl sites for hydroxylation is 1. The second-order valence-electron chi connectivity index (χ2n) is 6.98. The van der Waals surface area contributed by atoms with Crippen molar-refractivity contribution in [3.8, 4) is 17.3 Å². The number of ether oxygens (including phenoxy) is 1. The van der Waals surface area contributed by atoms with E-state index in [1.807, 2.05) is 31.2 Å². The Balaban J connectivity index is 1.56. The molecule has 1 amide bonds. The molecular formula is C21H21N5O3. The largest absolute Gasteiger partial charge is 0.497 e. The summed E-state index contributed by atoms with van der Waals surface area (Å²) in [5, 5.41) is 0. The van der Waals surface area contributed by atoms with Crippen LogP contribution in [0.25, 0.3) is 11.5 Å². The summed E-state index contributed by atoms with van der Waals surface area (Å²) in [5.74, 6) is 1.07. The average molecular weight is 391 g/mol. The van der Waals surface area contributed by atoms with Gasteiger partial charge in [-0.05, 0) is 31.0 Å². The number of fused-ring (bicyclic) bond motifs is 1. The first-order valence-corrected chi connectivity index (χ1v) is 9.35. The predicted molar refractivity (Wildman–Crippen MR) is 106 cm³/mol. The summed E-state index contributed by atoms with van der Waals surface area (Å²) in [7, 11) is 1.60. The Morgan fingerprint density at radius 3 is 2.90 bits per heavy atom. The third-order valence-electron chi connectivity index (χ3n) is 4.94. The highest BCUT2D eigenvalue weighted by molar-refractivity contribution is 5.79. The molecule has 3 heterocycles. The first-order chi connectivity index (χ1) is 14.0. The summed E-state index contributed by atoms with van der Waals surface area (Å²) in [6.07, 6.45) is 3.95. The van der Waals surface area contributed by atoms with E-state index in [4.69, 9.17) is 4.74 Å². The molecule has 0 saturated heterocycles. The molecule has 1 aliphatic rings. The van der Waals surface area contributed by atoms with Gasteiger partial charge in [-0.1, -0.05) is 12.1 Å². The molecule has 0 spiro atoms. The van der Waals surface area contributed by atoms with Gasteiger partial charge in [0.15, 0.2) is 5.82 Å². The van der Waals surface area contributed by atoms with E-state index < -0.39 is 0 Å². The summed E-state index contributed by atoms with van der Waals surface area (Å²) >= 11 is 0. The van der Waals surface area contributed by atoms with Gasteiger partial charge in [-0.15, -0.1) is 0 Å². The number of hydrogen-bond acceptors (Lipinski definition) is 6. The smallest absolute Gasteiger partial charge is 0.254 e. The fourth-order valence-electron chi connectivity index (χ4n) is 3.36. The maximum atomic E-state index is 12.8. The topological polar surface area (TPSA) is 101 Å². The van der Waals surface area contributed by atoms with Gasteiger partial charge in [0.1, 0.15) is 11.4 Å². The molecule has 0 aliphatic carbocycles. The molecule has 0 fully saturated rings. The maximum absolute atomic E-state index is 12.8. The molecule has 0 unspecified atom stereocenters. The minimum Gasteiger partial charge on any atom is -0.497 e. The van der Waals surface area contributed by atoms with Crippen LogP contribution in [-0.2, 0) is 24.2 Å². The highest BCUT2D eigenvalue weighted by Gasteiger charge is 2.25. The quantitative estimate of drug-likeness (QED) is 0.726. The molecule has 8 heteroatoms. The molecule has 148 valence electrons. The van der Waals surface area contributed by atoms with Crippen LogP contribution >= 0.6 is 0 Å². The molecular weight excluding hydrogens is 370 g/mol. The van der Waals surface area contributed by atoms with E-state index in [2.05, 4.69) is 19.9 Å². The van der Waals surface area contributed by atoms with Crippen molar-refractivity contribution in [3.63, 3.8) is 0 Å². The number of carbonyl (C=O) groups is 1. The van der Waals surface area contributed by atoms with Gasteiger partial charge < -0.3 is 14.6 Å². The minimum absolute atomic E-state index is 0.0114. The van der Waals surface area contributed by atoms with E-state index in [0.717, 1.165) is 17.0 Å². The molecule has 2 aromatic heterocycles. The van der Waals surface area contributed by atoms with Crippen LogP contribution in [0.3, 0.4) is 0 Å². The van der Waals surface area contributed by atoms with Crippen molar-refractivity contribution in [1.29, 1.82) is 0 Å². The summed E-state index contributed by atoms with van der Waals surface area (Å²) in [5.41, 5.74) is 3.20. The van der Waals surface area contributed by atoms with Gasteiger partial charge in [0.05, 0.1) is 37.7 Å². The van der Waals surface area contributed by atoms with E-state index in [1.165, 1.54) is 0 Å². The fourth-order valence-corrected chi connectivity index (χ4v) is 3.36. The van der Waals surface area contributed by atoms with Crippen LogP contribution < -0.4 is 10.3 Å². The van der Waals surface area contributed by atoms with E-state index in [1.54, 1.807) is 24.4 Å². The molecule has 8 nitrogen and oxygen atoms in total. The summed E-state index contributed by atoms with van der Waals surface area (Å²) in [6.45, 7) is 2.63. The van der Waals surface area contributed by atoms with Gasteiger partial charge >= 0.3 is 0 Å². The maximum Gasteiger partial charge on any atom is 0.254 e. The van der Waals surface area contributed by atoms with Crippen molar-refractivity contribution in [1.82, 2.24) is 24.8 Å². The number of hydrogen-bond donors (Lipinski definition) is 1. The first kappa shape index (κ1) is 18.8. The van der Waals surface area contributed by atoms with Crippen molar-refractivity contribution < 1.29 is 9.53 Å². The summed E-state index contributed by atoms with van der Waals surface area (Å²) < 4.78 is 5.22. The van der Waals surface area contributed by atoms with Crippen LogP contribution in [0.5, 0.6) is 5.75 Å². The van der Waals surface area contributed by atoms with Crippen LogP contribution in [0.15, 0.2) is 41.5 Å². The van der Waals surface area contributed by atoms with Crippen LogP contribution in [0.1, 0.15) is 22.5 Å². The van der Waals surface area contributed by atoms with Crippen LogP contribution in [-0.4, -0.2) is 44.4 Å². The molecule has 0 saturated carbocycles. The molecule has 3 aromatic rings. The average Bonchev–Trinajstić information content (AvgIpc) is 2.74. The van der Waals surface area contributed by atoms with Gasteiger partial charge in [0.2, 0.25) is 5.91 Å². The summed E-state index contributed by atoms with van der Waals surface area (Å²) in [4.78, 5) is 42.9. The zero-order valence-corrected chi connectivity index (χ0v) is 16.3. The molecule has 1 aromatic carbocycles. The number of carbonyl (C=O) groups excluding carboxylic acids is 1. The van der Waals surface area contributed by atoms with Gasteiger partial charge in [0, 0.05) is 18.3 Å². The number of H-pyrrole nitrogens is 1. The Morgan fingerprint density at radius 2 is 2.14 bits per heavy atom. The normalized spacial score (nSPS) is 13.1. The molecule has 4 rings (SSSR count). The third kappa shape index (κ3) is 4.01. The van der Waals surface area contributed by atoms with Crippen molar-refractivity contribution in [3.05, 3.63) is 69.5 Å². The van der Waals surface area contributed by atoms with Crippen molar-refractivity contribution in [2.75, 3.05) is 13.7 Å². The van der Waals surface area contributed by atoms with E-state index in [-0.39, 0.29) is 17.9 Å². The van der Waals surface area contributed by atoms with E-state index >= 15 is 0 Å². The number of nitrogens with zero attached hydrogens (tertiary/aromatic N) is 4. The van der Waals surface area contributed by atoms with Crippen LogP contribution in [0, 0.1) is 6.92 Å². The van der Waals surface area contributed by atoms with Crippen LogP contribution in [0.4, 0.5) is 0 Å². The minimum atomic E-state index is -0.188. The van der Waals surface area contributed by atoms with Gasteiger partial charge in [-0.3, -0.25) is 14.6 Å². The number of aromatic amines is 1. The molecule has 0 bridgehead atoms. The first-order valence-electron chi connectivity index (χ1n) is 9.35. The monoisotopic (exact) mass is 391 g/mol. The zero-order chi connectivity index (χ0) is 20.4. The highest BCUT2D eigenvalue weighted by Crippen LogP contribution is 2.19. The van der Waals surface area contributed by atoms with Gasteiger partial charge in [0.25, 0.3) is 5.56 Å². The van der Waals surface area contributed by atoms with Crippen molar-refractivity contribution >= 4 is 5.91 Å². The Kier molecular flexibility index (Phi) is 5.07. The zero-order valence-electron chi connectivity index (χ0n) is 16.3. The standard InChI is InChI=1S/C21H21N5O3/c1-13-10-23-17(11-22-13)20-24-18-12-26(7-6-16(18)21(28)25-20)19(27)9-14-4-3-5-15(8-14)29-2/h3-5,8,10-11H,6-7,9,12H2,1-2H3,(H,24,25,28). The number of rotatable bonds is 4. The second kappa shape index (κ2) is 7.83. The van der Waals surface area contributed by atoms with Gasteiger partial charge in [-0.2, -0.15) is 0 Å². The molecule has 29 heavy (non-hydrogen) atoms. The lowest BCUT2D eigenvalue weighted by Crippen LogP contribution is -2.40.